The Balaban J connectivity index is 1.30. The number of amides is 2. The number of aromatic nitrogens is 2. The highest BCUT2D eigenvalue weighted by Crippen LogP contribution is 2.33. The predicted molar refractivity (Wildman–Crippen MR) is 150 cm³/mol. The number of sulfonamides is 1. The second kappa shape index (κ2) is 10.7. The van der Waals surface area contributed by atoms with E-state index < -0.39 is 21.7 Å². The fourth-order valence-electron chi connectivity index (χ4n) is 5.38. The molecule has 1 aromatic carbocycles. The third kappa shape index (κ3) is 6.20. The molecule has 3 aromatic rings. The minimum absolute atomic E-state index is 0.0141. The van der Waals surface area contributed by atoms with E-state index in [0.29, 0.717) is 43.2 Å². The van der Waals surface area contributed by atoms with Crippen molar-refractivity contribution in [2.75, 3.05) is 44.4 Å². The zero-order valence-corrected chi connectivity index (χ0v) is 23.7. The quantitative estimate of drug-likeness (QED) is 0.409. The summed E-state index contributed by atoms with van der Waals surface area (Å²) in [6.45, 7) is 5.11. The van der Waals surface area contributed by atoms with E-state index in [4.69, 9.17) is 16.3 Å². The summed E-state index contributed by atoms with van der Waals surface area (Å²) >= 11 is 6.41. The summed E-state index contributed by atoms with van der Waals surface area (Å²) in [6, 6.07) is 4.61. The number of carbonyl (C=O) groups excluding carboxylic acids is 2. The van der Waals surface area contributed by atoms with Gasteiger partial charge in [0.05, 0.1) is 47.9 Å². The lowest BCUT2D eigenvalue weighted by Crippen LogP contribution is -2.60. The van der Waals surface area contributed by atoms with Crippen molar-refractivity contribution in [3.05, 3.63) is 35.6 Å². The topological polar surface area (TPSA) is 137 Å². The highest BCUT2D eigenvalue weighted by molar-refractivity contribution is 7.88. The number of morpholine rings is 1. The van der Waals surface area contributed by atoms with Crippen LogP contribution in [0.3, 0.4) is 0 Å². The minimum Gasteiger partial charge on any atom is -0.372 e. The molecule has 0 bridgehead atoms. The van der Waals surface area contributed by atoms with Crippen molar-refractivity contribution in [2.24, 2.45) is 0 Å². The number of anilines is 1. The first-order chi connectivity index (χ1) is 18.4. The van der Waals surface area contributed by atoms with Gasteiger partial charge in [0.15, 0.2) is 0 Å². The molecule has 2 amide bonds. The Kier molecular flexibility index (Phi) is 7.59. The first-order valence-corrected chi connectivity index (χ1v) is 15.1. The summed E-state index contributed by atoms with van der Waals surface area (Å²) in [5.41, 5.74) is 1.56. The Morgan fingerprint density at radius 3 is 2.69 bits per heavy atom. The number of carbonyl (C=O) groups is 2. The summed E-state index contributed by atoms with van der Waals surface area (Å²) in [7, 11) is -3.24. The molecule has 2 fully saturated rings. The normalized spacial score (nSPS) is 21.3. The molecule has 2 aliphatic rings. The van der Waals surface area contributed by atoms with Crippen LogP contribution in [0.2, 0.25) is 5.02 Å². The second-order valence-corrected chi connectivity index (χ2v) is 13.3. The third-order valence-electron chi connectivity index (χ3n) is 7.33. The molecule has 0 unspecified atom stereocenters. The van der Waals surface area contributed by atoms with Crippen molar-refractivity contribution in [3.63, 3.8) is 0 Å². The molecule has 2 saturated heterocycles. The molecule has 2 aromatic heterocycles. The van der Waals surface area contributed by atoms with E-state index in [1.807, 2.05) is 30.9 Å². The molecule has 1 atom stereocenters. The van der Waals surface area contributed by atoms with E-state index in [0.717, 1.165) is 21.8 Å². The van der Waals surface area contributed by atoms with Gasteiger partial charge in [-0.3, -0.25) is 19.5 Å². The highest BCUT2D eigenvalue weighted by atomic mass is 35.5. The fourth-order valence-corrected chi connectivity index (χ4v) is 6.48. The van der Waals surface area contributed by atoms with Crippen LogP contribution in [0.5, 0.6) is 0 Å². The Bertz CT molecular complexity index is 1520. The lowest BCUT2D eigenvalue weighted by Gasteiger charge is -2.42. The maximum Gasteiger partial charge on any atom is 0.244 e. The molecule has 3 N–H and O–H groups in total. The number of ether oxygens (including phenoxy) is 1. The summed E-state index contributed by atoms with van der Waals surface area (Å²) in [5, 5.41) is 8.31. The van der Waals surface area contributed by atoms with Gasteiger partial charge in [-0.1, -0.05) is 11.6 Å². The number of rotatable bonds is 6. The molecule has 0 saturated carbocycles. The van der Waals surface area contributed by atoms with Crippen LogP contribution in [0.15, 0.2) is 30.6 Å². The predicted octanol–water partition coefficient (Wildman–Crippen LogP) is 2.33. The van der Waals surface area contributed by atoms with Gasteiger partial charge in [0, 0.05) is 47.7 Å². The summed E-state index contributed by atoms with van der Waals surface area (Å²) in [5.74, 6) is -0.517. The van der Waals surface area contributed by atoms with Crippen LogP contribution >= 0.6 is 11.6 Å². The van der Waals surface area contributed by atoms with Crippen molar-refractivity contribution in [1.29, 1.82) is 0 Å². The summed E-state index contributed by atoms with van der Waals surface area (Å²) < 4.78 is 30.9. The molecule has 5 rings (SSSR count). The maximum absolute atomic E-state index is 13.6. The van der Waals surface area contributed by atoms with E-state index in [2.05, 4.69) is 20.6 Å². The molecule has 0 spiro atoms. The zero-order valence-electron chi connectivity index (χ0n) is 22.2. The number of hydrogen-bond acceptors (Lipinski definition) is 7. The largest absolute Gasteiger partial charge is 0.372 e. The number of benzene rings is 1. The number of aromatic amines is 1. The number of halogens is 1. The van der Waals surface area contributed by atoms with Gasteiger partial charge in [-0.25, -0.2) is 12.7 Å². The molecule has 13 heteroatoms. The number of H-pyrrole nitrogens is 1. The standard InChI is InChI=1S/C26H33ClN6O5S/c1-26(2)15-32(13-23(34)29-17-5-8-33(9-6-17)39(3,36)37)22(14-38-26)25(35)31-20-11-16(27)10-19-18-4-7-28-12-21(18)30-24(19)20/h4,7,10-12,17,22,30H,5-6,8-9,13-15H2,1-3H3,(H,29,34)(H,31,35)/t22-/m0/s1. The van der Waals surface area contributed by atoms with Crippen molar-refractivity contribution in [1.82, 2.24) is 24.5 Å². The van der Waals surface area contributed by atoms with Crippen LogP contribution in [-0.4, -0.2) is 96.1 Å². The molecular weight excluding hydrogens is 544 g/mol. The van der Waals surface area contributed by atoms with Crippen molar-refractivity contribution < 1.29 is 22.7 Å². The number of pyridine rings is 1. The molecule has 210 valence electrons. The van der Waals surface area contributed by atoms with E-state index in [1.54, 1.807) is 18.5 Å². The van der Waals surface area contributed by atoms with Gasteiger partial charge in [-0.05, 0) is 44.9 Å². The molecule has 2 aliphatic heterocycles. The number of nitrogens with one attached hydrogen (secondary N) is 3. The summed E-state index contributed by atoms with van der Waals surface area (Å²) in [4.78, 5) is 35.9. The second-order valence-electron chi connectivity index (χ2n) is 10.9. The Morgan fingerprint density at radius 1 is 1.23 bits per heavy atom. The molecule has 0 radical (unpaired) electrons. The molecule has 11 nitrogen and oxygen atoms in total. The fraction of sp³-hybridized carbons (Fsp3) is 0.500. The minimum atomic E-state index is -3.24. The number of nitrogens with zero attached hydrogens (tertiary/aromatic N) is 3. The lowest BCUT2D eigenvalue weighted by atomic mass is 10.0. The molecule has 4 heterocycles. The average molecular weight is 577 g/mol. The van der Waals surface area contributed by atoms with Gasteiger partial charge in [0.1, 0.15) is 6.04 Å². The summed E-state index contributed by atoms with van der Waals surface area (Å²) in [6.07, 6.45) is 5.70. The smallest absolute Gasteiger partial charge is 0.244 e. The van der Waals surface area contributed by atoms with E-state index in [-0.39, 0.29) is 31.0 Å². The van der Waals surface area contributed by atoms with Gasteiger partial charge in [-0.2, -0.15) is 0 Å². The van der Waals surface area contributed by atoms with Gasteiger partial charge in [-0.15, -0.1) is 0 Å². The monoisotopic (exact) mass is 576 g/mol. The lowest BCUT2D eigenvalue weighted by molar-refractivity contribution is -0.147. The Morgan fingerprint density at radius 2 is 1.97 bits per heavy atom. The first kappa shape index (κ1) is 27.8. The highest BCUT2D eigenvalue weighted by Gasteiger charge is 2.39. The van der Waals surface area contributed by atoms with Gasteiger partial charge >= 0.3 is 0 Å². The molecule has 0 aliphatic carbocycles. The Labute approximate surface area is 232 Å². The first-order valence-electron chi connectivity index (χ1n) is 12.9. The van der Waals surface area contributed by atoms with Gasteiger partial charge < -0.3 is 20.4 Å². The van der Waals surface area contributed by atoms with Crippen LogP contribution in [-0.2, 0) is 24.3 Å². The molecule has 39 heavy (non-hydrogen) atoms. The number of piperidine rings is 1. The number of hydrogen-bond donors (Lipinski definition) is 3. The number of fused-ring (bicyclic) bond motifs is 3. The van der Waals surface area contributed by atoms with Crippen LogP contribution in [0.25, 0.3) is 21.8 Å². The Hall–Kier alpha value is -2.77. The van der Waals surface area contributed by atoms with E-state index >= 15 is 0 Å². The molecular formula is C26H33ClN6O5S. The SMILES string of the molecule is CC1(C)CN(CC(=O)NC2CCN(S(C)(=O)=O)CC2)[C@H](C(=O)Nc2cc(Cl)cc3c2[nH]c2cnccc23)CO1. The van der Waals surface area contributed by atoms with Crippen LogP contribution in [0.4, 0.5) is 5.69 Å². The van der Waals surface area contributed by atoms with E-state index in [1.165, 1.54) is 10.6 Å². The van der Waals surface area contributed by atoms with E-state index in [9.17, 15) is 18.0 Å². The zero-order chi connectivity index (χ0) is 27.9. The van der Waals surface area contributed by atoms with Crippen LogP contribution < -0.4 is 10.6 Å². The third-order valence-corrected chi connectivity index (χ3v) is 8.85. The van der Waals surface area contributed by atoms with Gasteiger partial charge in [0.2, 0.25) is 21.8 Å². The average Bonchev–Trinajstić information content (AvgIpc) is 3.22. The van der Waals surface area contributed by atoms with Crippen molar-refractivity contribution >= 4 is 60.9 Å². The van der Waals surface area contributed by atoms with Crippen LogP contribution in [0, 0.1) is 0 Å². The van der Waals surface area contributed by atoms with Crippen LogP contribution in [0.1, 0.15) is 26.7 Å². The maximum atomic E-state index is 13.6. The van der Waals surface area contributed by atoms with Crippen molar-refractivity contribution in [2.45, 2.75) is 44.4 Å². The van der Waals surface area contributed by atoms with Gasteiger partial charge in [0.25, 0.3) is 0 Å². The van der Waals surface area contributed by atoms with Crippen molar-refractivity contribution in [3.8, 4) is 0 Å².